The molecule has 2 aromatic carbocycles. The minimum Gasteiger partial charge on any atom is -0.489 e. The van der Waals surface area contributed by atoms with Gasteiger partial charge in [0.05, 0.1) is 0 Å². The molecular formula is C19H19NO4. The summed E-state index contributed by atoms with van der Waals surface area (Å²) in [6, 6.07) is 17.3. The molecule has 0 aromatic heterocycles. The standard InChI is InChI=1S/C19H19NO4/c21-17(19(10-11-19)18(22)23)20-12-14-6-8-16(9-7-14)24-13-15-4-2-1-3-5-15/h1-9H,10-13H2,(H,20,21)(H,22,23). The van der Waals surface area contributed by atoms with Crippen molar-refractivity contribution in [2.45, 2.75) is 26.0 Å². The zero-order valence-electron chi connectivity index (χ0n) is 13.2. The first kappa shape index (κ1) is 16.1. The molecular weight excluding hydrogens is 306 g/mol. The van der Waals surface area contributed by atoms with Crippen molar-refractivity contribution in [2.24, 2.45) is 5.41 Å². The van der Waals surface area contributed by atoms with Crippen molar-refractivity contribution in [3.8, 4) is 5.75 Å². The summed E-state index contributed by atoms with van der Waals surface area (Å²) in [5.41, 5.74) is 0.799. The van der Waals surface area contributed by atoms with Crippen molar-refractivity contribution in [1.29, 1.82) is 0 Å². The first-order chi connectivity index (χ1) is 11.6. The molecule has 0 atom stereocenters. The predicted molar refractivity (Wildman–Crippen MR) is 88.4 cm³/mol. The molecule has 1 amide bonds. The topological polar surface area (TPSA) is 75.6 Å². The molecule has 0 aliphatic heterocycles. The van der Waals surface area contributed by atoms with Crippen molar-refractivity contribution < 1.29 is 19.4 Å². The molecule has 1 saturated carbocycles. The summed E-state index contributed by atoms with van der Waals surface area (Å²) >= 11 is 0. The Labute approximate surface area is 140 Å². The normalized spacial score (nSPS) is 14.7. The maximum Gasteiger partial charge on any atom is 0.319 e. The van der Waals surface area contributed by atoms with Gasteiger partial charge in [0.2, 0.25) is 5.91 Å². The number of benzene rings is 2. The number of nitrogens with one attached hydrogen (secondary N) is 1. The Balaban J connectivity index is 1.50. The van der Waals surface area contributed by atoms with Gasteiger partial charge in [-0.15, -0.1) is 0 Å². The zero-order chi connectivity index (χ0) is 17.0. The summed E-state index contributed by atoms with van der Waals surface area (Å²) in [5.74, 6) is -0.692. The number of carboxylic acids is 1. The molecule has 0 radical (unpaired) electrons. The van der Waals surface area contributed by atoms with Crippen molar-refractivity contribution in [3.05, 3.63) is 65.7 Å². The molecule has 2 N–H and O–H groups in total. The molecule has 0 spiro atoms. The minimum absolute atomic E-state index is 0.312. The molecule has 24 heavy (non-hydrogen) atoms. The second-order valence-corrected chi connectivity index (χ2v) is 5.99. The number of aliphatic carboxylic acids is 1. The van der Waals surface area contributed by atoms with Crippen LogP contribution in [0.3, 0.4) is 0 Å². The number of carbonyl (C=O) groups is 2. The summed E-state index contributed by atoms with van der Waals surface area (Å²) in [7, 11) is 0. The summed E-state index contributed by atoms with van der Waals surface area (Å²) in [6.07, 6.45) is 0.834. The van der Waals surface area contributed by atoms with Crippen LogP contribution >= 0.6 is 0 Å². The van der Waals surface area contributed by atoms with Crippen LogP contribution in [-0.4, -0.2) is 17.0 Å². The lowest BCUT2D eigenvalue weighted by Crippen LogP contribution is -2.36. The van der Waals surface area contributed by atoms with Crippen molar-refractivity contribution in [2.75, 3.05) is 0 Å². The third kappa shape index (κ3) is 3.56. The third-order valence-electron chi connectivity index (χ3n) is 4.22. The zero-order valence-corrected chi connectivity index (χ0v) is 13.2. The largest absolute Gasteiger partial charge is 0.489 e. The lowest BCUT2D eigenvalue weighted by atomic mass is 10.1. The van der Waals surface area contributed by atoms with Gasteiger partial charge in [0.15, 0.2) is 0 Å². The summed E-state index contributed by atoms with van der Waals surface area (Å²) in [6.45, 7) is 0.810. The molecule has 5 nitrogen and oxygen atoms in total. The fourth-order valence-electron chi connectivity index (χ4n) is 2.46. The van der Waals surface area contributed by atoms with Gasteiger partial charge in [-0.2, -0.15) is 0 Å². The van der Waals surface area contributed by atoms with Gasteiger partial charge >= 0.3 is 5.97 Å². The van der Waals surface area contributed by atoms with Crippen molar-refractivity contribution >= 4 is 11.9 Å². The Hall–Kier alpha value is -2.82. The van der Waals surface area contributed by atoms with E-state index in [0.717, 1.165) is 16.9 Å². The molecule has 0 bridgehead atoms. The van der Waals surface area contributed by atoms with Crippen LogP contribution in [0.25, 0.3) is 0 Å². The van der Waals surface area contributed by atoms with Gasteiger partial charge < -0.3 is 15.2 Å². The number of hydrogen-bond acceptors (Lipinski definition) is 3. The van der Waals surface area contributed by atoms with Crippen molar-refractivity contribution in [3.63, 3.8) is 0 Å². The van der Waals surface area contributed by atoms with Crippen LogP contribution in [0.1, 0.15) is 24.0 Å². The van der Waals surface area contributed by atoms with E-state index in [2.05, 4.69) is 5.32 Å². The minimum atomic E-state index is -1.20. The smallest absolute Gasteiger partial charge is 0.319 e. The van der Waals surface area contributed by atoms with Crippen LogP contribution in [0.5, 0.6) is 5.75 Å². The molecule has 124 valence electrons. The number of rotatable bonds is 7. The molecule has 1 fully saturated rings. The van der Waals surface area contributed by atoms with Crippen LogP contribution < -0.4 is 10.1 Å². The fourth-order valence-corrected chi connectivity index (χ4v) is 2.46. The van der Waals surface area contributed by atoms with E-state index in [-0.39, 0.29) is 0 Å². The van der Waals surface area contributed by atoms with Crippen LogP contribution in [0.2, 0.25) is 0 Å². The molecule has 1 aliphatic rings. The number of carbonyl (C=O) groups excluding carboxylic acids is 1. The maximum atomic E-state index is 12.0. The summed E-state index contributed by atoms with van der Waals surface area (Å²) in [4.78, 5) is 23.0. The second-order valence-electron chi connectivity index (χ2n) is 5.99. The Kier molecular flexibility index (Phi) is 4.51. The van der Waals surface area contributed by atoms with Crippen LogP contribution in [0, 0.1) is 5.41 Å². The van der Waals surface area contributed by atoms with Gasteiger partial charge in [-0.3, -0.25) is 9.59 Å². The van der Waals surface area contributed by atoms with E-state index in [1.807, 2.05) is 54.6 Å². The van der Waals surface area contributed by atoms with E-state index in [1.165, 1.54) is 0 Å². The van der Waals surface area contributed by atoms with Gasteiger partial charge in [-0.25, -0.2) is 0 Å². The monoisotopic (exact) mass is 325 g/mol. The molecule has 0 unspecified atom stereocenters. The van der Waals surface area contributed by atoms with Gasteiger partial charge in [-0.05, 0) is 36.1 Å². The first-order valence-corrected chi connectivity index (χ1v) is 7.87. The molecule has 0 heterocycles. The predicted octanol–water partition coefficient (Wildman–Crippen LogP) is 2.75. The second kappa shape index (κ2) is 6.74. The molecule has 5 heteroatoms. The molecule has 0 saturated heterocycles. The summed E-state index contributed by atoms with van der Waals surface area (Å²) in [5, 5.41) is 11.8. The molecule has 3 rings (SSSR count). The summed E-state index contributed by atoms with van der Waals surface area (Å²) < 4.78 is 5.70. The maximum absolute atomic E-state index is 12.0. The lowest BCUT2D eigenvalue weighted by molar-refractivity contribution is -0.149. The molecule has 1 aliphatic carbocycles. The first-order valence-electron chi connectivity index (χ1n) is 7.87. The van der Waals surface area contributed by atoms with Crippen LogP contribution in [0.15, 0.2) is 54.6 Å². The highest BCUT2D eigenvalue weighted by atomic mass is 16.5. The van der Waals surface area contributed by atoms with E-state index in [0.29, 0.717) is 26.0 Å². The van der Waals surface area contributed by atoms with E-state index < -0.39 is 17.3 Å². The van der Waals surface area contributed by atoms with Gasteiger partial charge in [0.1, 0.15) is 17.8 Å². The SMILES string of the molecule is O=C(O)C1(C(=O)NCc2ccc(OCc3ccccc3)cc2)CC1. The third-order valence-corrected chi connectivity index (χ3v) is 4.22. The van der Waals surface area contributed by atoms with E-state index in [1.54, 1.807) is 0 Å². The Morgan fingerprint density at radius 1 is 1.00 bits per heavy atom. The highest BCUT2D eigenvalue weighted by Crippen LogP contribution is 2.46. The van der Waals surface area contributed by atoms with Crippen molar-refractivity contribution in [1.82, 2.24) is 5.32 Å². The number of amides is 1. The van der Waals surface area contributed by atoms with E-state index >= 15 is 0 Å². The van der Waals surface area contributed by atoms with Gasteiger partial charge in [-0.1, -0.05) is 42.5 Å². The van der Waals surface area contributed by atoms with Crippen LogP contribution in [0.4, 0.5) is 0 Å². The Bertz CT molecular complexity index is 721. The number of carboxylic acid groups (broad SMARTS) is 1. The fraction of sp³-hybridized carbons (Fsp3) is 0.263. The highest BCUT2D eigenvalue weighted by molar-refractivity contribution is 6.04. The van der Waals surface area contributed by atoms with Gasteiger partial charge in [0.25, 0.3) is 0 Å². The Morgan fingerprint density at radius 3 is 2.25 bits per heavy atom. The van der Waals surface area contributed by atoms with E-state index in [4.69, 9.17) is 9.84 Å². The average Bonchev–Trinajstić information content (AvgIpc) is 3.42. The number of hydrogen-bond donors (Lipinski definition) is 2. The number of ether oxygens (including phenoxy) is 1. The lowest BCUT2D eigenvalue weighted by Gasteiger charge is -2.11. The quantitative estimate of drug-likeness (QED) is 0.768. The van der Waals surface area contributed by atoms with Crippen LogP contribution in [-0.2, 0) is 22.7 Å². The van der Waals surface area contributed by atoms with E-state index in [9.17, 15) is 9.59 Å². The molecule has 2 aromatic rings. The van der Waals surface area contributed by atoms with Gasteiger partial charge in [0, 0.05) is 6.54 Å². The highest BCUT2D eigenvalue weighted by Gasteiger charge is 2.56. The Morgan fingerprint density at radius 2 is 1.67 bits per heavy atom. The average molecular weight is 325 g/mol.